The molecule has 0 bridgehead atoms. The monoisotopic (exact) mass is 294 g/mol. The summed E-state index contributed by atoms with van der Waals surface area (Å²) in [5.74, 6) is 0. The van der Waals surface area contributed by atoms with E-state index in [9.17, 15) is 0 Å². The van der Waals surface area contributed by atoms with E-state index in [0.29, 0.717) is 12.7 Å². The Morgan fingerprint density at radius 2 is 2.38 bits per heavy atom. The van der Waals surface area contributed by atoms with E-state index in [1.54, 1.807) is 0 Å². The van der Waals surface area contributed by atoms with Gasteiger partial charge in [0.05, 0.1) is 16.3 Å². The van der Waals surface area contributed by atoms with E-state index >= 15 is 0 Å². The first kappa shape index (κ1) is 11.0. The molecule has 1 atom stereocenters. The summed E-state index contributed by atoms with van der Waals surface area (Å²) in [5, 5.41) is 4.30. The summed E-state index contributed by atoms with van der Waals surface area (Å²) in [6.07, 6.45) is 3.36. The molecule has 1 rings (SSSR count). The third-order valence-electron chi connectivity index (χ3n) is 1.93. The molecule has 1 heterocycles. The molecule has 0 saturated carbocycles. The molecule has 4 heteroatoms. The highest BCUT2D eigenvalue weighted by Gasteiger charge is 2.06. The molecule has 0 unspecified atom stereocenters. The lowest BCUT2D eigenvalue weighted by atomic mass is 10.3. The summed E-state index contributed by atoms with van der Waals surface area (Å²) >= 11 is 2.28. The van der Waals surface area contributed by atoms with Gasteiger partial charge < -0.3 is 4.74 Å². The Balaban J connectivity index is 2.49. The van der Waals surface area contributed by atoms with E-state index < -0.39 is 0 Å². The van der Waals surface area contributed by atoms with Crippen LogP contribution in [0.5, 0.6) is 0 Å². The molecule has 0 radical (unpaired) electrons. The van der Waals surface area contributed by atoms with E-state index in [1.807, 2.05) is 17.9 Å². The van der Waals surface area contributed by atoms with Crippen LogP contribution in [0.1, 0.15) is 26.0 Å². The average Bonchev–Trinajstić information content (AvgIpc) is 2.41. The minimum atomic E-state index is 0.317. The van der Waals surface area contributed by atoms with Crippen LogP contribution in [-0.4, -0.2) is 15.9 Å². The summed E-state index contributed by atoms with van der Waals surface area (Å²) in [7, 11) is 1.93. The minimum Gasteiger partial charge on any atom is -0.372 e. The van der Waals surface area contributed by atoms with Crippen LogP contribution in [0.15, 0.2) is 6.20 Å². The fourth-order valence-corrected chi connectivity index (χ4v) is 1.61. The lowest BCUT2D eigenvalue weighted by molar-refractivity contribution is 0.0483. The van der Waals surface area contributed by atoms with Crippen molar-refractivity contribution < 1.29 is 4.74 Å². The van der Waals surface area contributed by atoms with Crippen molar-refractivity contribution in [1.29, 1.82) is 0 Å². The first-order valence-electron chi connectivity index (χ1n) is 4.43. The highest BCUT2D eigenvalue weighted by Crippen LogP contribution is 2.11. The van der Waals surface area contributed by atoms with Gasteiger partial charge in [-0.05, 0) is 35.9 Å². The van der Waals surface area contributed by atoms with Crippen LogP contribution < -0.4 is 0 Å². The van der Waals surface area contributed by atoms with Crippen molar-refractivity contribution in [2.45, 2.75) is 33.0 Å². The first-order valence-corrected chi connectivity index (χ1v) is 5.51. The summed E-state index contributed by atoms with van der Waals surface area (Å²) in [6.45, 7) is 4.82. The van der Waals surface area contributed by atoms with Gasteiger partial charge in [0.25, 0.3) is 0 Å². The summed E-state index contributed by atoms with van der Waals surface area (Å²) in [4.78, 5) is 0. The Bertz CT molecular complexity index is 273. The Morgan fingerprint density at radius 3 is 2.85 bits per heavy atom. The maximum atomic E-state index is 5.59. The number of halogens is 1. The fourth-order valence-electron chi connectivity index (χ4n) is 0.942. The van der Waals surface area contributed by atoms with Crippen LogP contribution in [0.3, 0.4) is 0 Å². The zero-order valence-electron chi connectivity index (χ0n) is 8.25. The molecule has 0 N–H and O–H groups in total. The Kier molecular flexibility index (Phi) is 4.18. The molecule has 13 heavy (non-hydrogen) atoms. The zero-order valence-corrected chi connectivity index (χ0v) is 10.4. The maximum absolute atomic E-state index is 5.59. The zero-order chi connectivity index (χ0) is 9.84. The van der Waals surface area contributed by atoms with Crippen LogP contribution in [0.25, 0.3) is 0 Å². The van der Waals surface area contributed by atoms with Gasteiger partial charge in [-0.15, -0.1) is 0 Å². The van der Waals surface area contributed by atoms with Crippen LogP contribution in [-0.2, 0) is 18.4 Å². The molecule has 0 aliphatic rings. The van der Waals surface area contributed by atoms with E-state index in [2.05, 4.69) is 41.5 Å². The van der Waals surface area contributed by atoms with E-state index in [1.165, 1.54) is 3.57 Å². The van der Waals surface area contributed by atoms with Gasteiger partial charge in [0.2, 0.25) is 0 Å². The van der Waals surface area contributed by atoms with E-state index in [4.69, 9.17) is 4.74 Å². The van der Waals surface area contributed by atoms with Gasteiger partial charge in [0, 0.05) is 13.2 Å². The lowest BCUT2D eigenvalue weighted by Gasteiger charge is -2.08. The molecule has 0 fully saturated rings. The van der Waals surface area contributed by atoms with Gasteiger partial charge in [0.1, 0.15) is 5.69 Å². The van der Waals surface area contributed by atoms with Crippen LogP contribution in [0.2, 0.25) is 0 Å². The van der Waals surface area contributed by atoms with Crippen LogP contribution in [0.4, 0.5) is 0 Å². The molecule has 3 nitrogen and oxygen atoms in total. The molecule has 0 amide bonds. The number of nitrogens with zero attached hydrogens (tertiary/aromatic N) is 2. The van der Waals surface area contributed by atoms with E-state index in [0.717, 1.165) is 12.1 Å². The van der Waals surface area contributed by atoms with Gasteiger partial charge in [0.15, 0.2) is 0 Å². The third kappa shape index (κ3) is 3.27. The summed E-state index contributed by atoms with van der Waals surface area (Å²) in [6, 6.07) is 0. The molecule has 1 aromatic rings. The SMILES string of the molecule is CC[C@H](C)OCc1nn(C)cc1I. The molecule has 0 aliphatic heterocycles. The van der Waals surface area contributed by atoms with Gasteiger partial charge in [-0.3, -0.25) is 4.68 Å². The lowest BCUT2D eigenvalue weighted by Crippen LogP contribution is -2.07. The van der Waals surface area contributed by atoms with Crippen LogP contribution >= 0.6 is 22.6 Å². The first-order chi connectivity index (χ1) is 6.13. The molecule has 1 aromatic heterocycles. The molecular formula is C9H15IN2O. The van der Waals surface area contributed by atoms with Crippen molar-refractivity contribution in [3.8, 4) is 0 Å². The van der Waals surface area contributed by atoms with Gasteiger partial charge >= 0.3 is 0 Å². The van der Waals surface area contributed by atoms with Crippen molar-refractivity contribution in [3.63, 3.8) is 0 Å². The van der Waals surface area contributed by atoms with Gasteiger partial charge in [-0.2, -0.15) is 5.10 Å². The molecule has 0 aliphatic carbocycles. The number of rotatable bonds is 4. The Hall–Kier alpha value is -0.100. The standard InChI is InChI=1S/C9H15IN2O/c1-4-7(2)13-6-9-8(10)5-12(3)11-9/h5,7H,4,6H2,1-3H3/t7-/m0/s1. The second-order valence-corrected chi connectivity index (χ2v) is 4.29. The topological polar surface area (TPSA) is 27.1 Å². The molecule has 74 valence electrons. The Labute approximate surface area is 92.6 Å². The largest absolute Gasteiger partial charge is 0.372 e. The second-order valence-electron chi connectivity index (χ2n) is 3.13. The number of ether oxygens (including phenoxy) is 1. The Morgan fingerprint density at radius 1 is 1.69 bits per heavy atom. The van der Waals surface area contributed by atoms with Crippen molar-refractivity contribution in [2.24, 2.45) is 7.05 Å². The van der Waals surface area contributed by atoms with Crippen molar-refractivity contribution >= 4 is 22.6 Å². The maximum Gasteiger partial charge on any atom is 0.101 e. The minimum absolute atomic E-state index is 0.317. The van der Waals surface area contributed by atoms with E-state index in [-0.39, 0.29) is 0 Å². The highest BCUT2D eigenvalue weighted by molar-refractivity contribution is 14.1. The average molecular weight is 294 g/mol. The normalized spacial score (nSPS) is 13.2. The predicted octanol–water partition coefficient (Wildman–Crippen LogP) is 2.34. The molecule has 0 saturated heterocycles. The quantitative estimate of drug-likeness (QED) is 0.797. The molecule has 0 spiro atoms. The molecular weight excluding hydrogens is 279 g/mol. The smallest absolute Gasteiger partial charge is 0.101 e. The van der Waals surface area contributed by atoms with Gasteiger partial charge in [-0.1, -0.05) is 6.92 Å². The fraction of sp³-hybridized carbons (Fsp3) is 0.667. The third-order valence-corrected chi connectivity index (χ3v) is 2.83. The van der Waals surface area contributed by atoms with Crippen molar-refractivity contribution in [3.05, 3.63) is 15.5 Å². The predicted molar refractivity (Wildman–Crippen MR) is 60.5 cm³/mol. The number of hydrogen-bond donors (Lipinski definition) is 0. The summed E-state index contributed by atoms with van der Waals surface area (Å²) in [5.41, 5.74) is 1.03. The van der Waals surface area contributed by atoms with Crippen molar-refractivity contribution in [1.82, 2.24) is 9.78 Å². The number of aromatic nitrogens is 2. The summed E-state index contributed by atoms with van der Waals surface area (Å²) < 4.78 is 8.58. The van der Waals surface area contributed by atoms with Gasteiger partial charge in [-0.25, -0.2) is 0 Å². The highest BCUT2D eigenvalue weighted by atomic mass is 127. The van der Waals surface area contributed by atoms with Crippen molar-refractivity contribution in [2.75, 3.05) is 0 Å². The van der Waals surface area contributed by atoms with Crippen LogP contribution in [0, 0.1) is 3.57 Å². The number of aryl methyl sites for hydroxylation is 1. The molecule has 0 aromatic carbocycles. The number of hydrogen-bond acceptors (Lipinski definition) is 2. The second kappa shape index (κ2) is 4.95.